The molecule has 2 aliphatic rings. The molecule has 3 N–H and O–H groups in total. The van der Waals surface area contributed by atoms with E-state index >= 15 is 0 Å². The van der Waals surface area contributed by atoms with Crippen molar-refractivity contribution in [3.05, 3.63) is 0 Å². The first-order valence-corrected chi connectivity index (χ1v) is 8.50. The molecule has 136 valence electrons. The fourth-order valence-electron chi connectivity index (χ4n) is 3.88. The van der Waals surface area contributed by atoms with Gasteiger partial charge in [-0.1, -0.05) is 26.2 Å². The van der Waals surface area contributed by atoms with Crippen LogP contribution in [0.4, 0.5) is 0 Å². The molecular weight excluding hydrogens is 312 g/mol. The Morgan fingerprint density at radius 3 is 2.62 bits per heavy atom. The van der Waals surface area contributed by atoms with Crippen LogP contribution < -0.4 is 5.32 Å². The number of hydrogen-bond donors (Lipinski definition) is 3. The van der Waals surface area contributed by atoms with E-state index in [4.69, 9.17) is 5.48 Å². The predicted molar refractivity (Wildman–Crippen MR) is 87.6 cm³/mol. The van der Waals surface area contributed by atoms with Gasteiger partial charge in [-0.2, -0.15) is 0 Å². The standard InChI is InChI=1S/C17H28N2O5/c1-3-6-12(16(21)22)18-10(2)15(20)19-13-8-5-4-7-11(13)9-14(19)17(23)24/h10-14,18H,3-9H2,1-2H3,(H,21,22)(H,23,24)/t10-,11-,12-,13-,14-/m1/s1/i2D3,10D. The molecule has 0 spiro atoms. The normalized spacial score (nSPS) is 33.2. The lowest BCUT2D eigenvalue weighted by Crippen LogP contribution is -2.55. The topological polar surface area (TPSA) is 107 Å². The van der Waals surface area contributed by atoms with Gasteiger partial charge in [-0.25, -0.2) is 4.79 Å². The Hall–Kier alpha value is -1.63. The number of carboxylic acids is 2. The first-order valence-electron chi connectivity index (χ1n) is 10.5. The Kier molecular flexibility index (Phi) is 4.52. The maximum atomic E-state index is 13.3. The number of fused-ring (bicyclic) bond motifs is 1. The summed E-state index contributed by atoms with van der Waals surface area (Å²) in [6.07, 6.45) is 3.66. The van der Waals surface area contributed by atoms with E-state index in [1.807, 2.05) is 0 Å². The van der Waals surface area contributed by atoms with Crippen molar-refractivity contribution in [3.8, 4) is 0 Å². The molecule has 2 rings (SSSR count). The zero-order valence-corrected chi connectivity index (χ0v) is 13.8. The van der Waals surface area contributed by atoms with E-state index in [-0.39, 0.29) is 18.8 Å². The Morgan fingerprint density at radius 1 is 1.33 bits per heavy atom. The molecule has 0 bridgehead atoms. The van der Waals surface area contributed by atoms with Crippen LogP contribution >= 0.6 is 0 Å². The number of nitrogens with one attached hydrogen (secondary N) is 1. The molecule has 0 aromatic carbocycles. The minimum absolute atomic E-state index is 0.0355. The van der Waals surface area contributed by atoms with E-state index in [1.165, 1.54) is 0 Å². The summed E-state index contributed by atoms with van der Waals surface area (Å²) in [4.78, 5) is 37.6. The van der Waals surface area contributed by atoms with E-state index in [0.29, 0.717) is 12.8 Å². The molecule has 5 atom stereocenters. The molecule has 1 amide bonds. The summed E-state index contributed by atoms with van der Waals surface area (Å²) in [5, 5.41) is 21.2. The molecule has 7 nitrogen and oxygen atoms in total. The smallest absolute Gasteiger partial charge is 0.326 e. The number of nitrogens with zero attached hydrogens (tertiary/aromatic N) is 1. The zero-order valence-electron chi connectivity index (χ0n) is 17.8. The molecule has 1 saturated carbocycles. The monoisotopic (exact) mass is 344 g/mol. The lowest BCUT2D eigenvalue weighted by molar-refractivity contribution is -0.151. The minimum atomic E-state index is -3.18. The van der Waals surface area contributed by atoms with Crippen LogP contribution in [-0.2, 0) is 14.4 Å². The maximum absolute atomic E-state index is 13.3. The van der Waals surface area contributed by atoms with Crippen LogP contribution in [-0.4, -0.2) is 57.1 Å². The molecule has 1 saturated heterocycles. The molecule has 0 aromatic rings. The van der Waals surface area contributed by atoms with Crippen molar-refractivity contribution < 1.29 is 30.1 Å². The minimum Gasteiger partial charge on any atom is -0.480 e. The number of amides is 1. The average Bonchev–Trinajstić information content (AvgIpc) is 2.99. The molecule has 1 aliphatic carbocycles. The van der Waals surface area contributed by atoms with Crippen LogP contribution in [0.3, 0.4) is 0 Å². The van der Waals surface area contributed by atoms with Crippen molar-refractivity contribution in [2.45, 2.75) is 82.9 Å². The third kappa shape index (κ3) is 3.88. The Balaban J connectivity index is 2.42. The second-order valence-corrected chi connectivity index (χ2v) is 6.61. The molecular formula is C17H28N2O5. The number of hydrogen-bond acceptors (Lipinski definition) is 4. The summed E-state index contributed by atoms with van der Waals surface area (Å²) in [6.45, 7) is -1.48. The highest BCUT2D eigenvalue weighted by Gasteiger charge is 2.48. The highest BCUT2D eigenvalue weighted by Crippen LogP contribution is 2.40. The number of likely N-dealkylation sites (tertiary alicyclic amines) is 1. The Morgan fingerprint density at radius 2 is 2.04 bits per heavy atom. The fraction of sp³-hybridized carbons (Fsp3) is 0.824. The van der Waals surface area contributed by atoms with E-state index < -0.39 is 48.8 Å². The summed E-state index contributed by atoms with van der Waals surface area (Å²) >= 11 is 0. The third-order valence-corrected chi connectivity index (χ3v) is 5.02. The molecule has 0 radical (unpaired) electrons. The van der Waals surface area contributed by atoms with Crippen LogP contribution in [0.5, 0.6) is 0 Å². The number of rotatable bonds is 7. The molecule has 2 fully saturated rings. The lowest BCUT2D eigenvalue weighted by atomic mass is 9.84. The van der Waals surface area contributed by atoms with Gasteiger partial charge >= 0.3 is 11.9 Å². The molecule has 0 unspecified atom stereocenters. The van der Waals surface area contributed by atoms with Gasteiger partial charge in [-0.3, -0.25) is 14.9 Å². The zero-order chi connectivity index (χ0) is 21.3. The Bertz CT molecular complexity index is 629. The highest BCUT2D eigenvalue weighted by atomic mass is 16.4. The van der Waals surface area contributed by atoms with Gasteiger partial charge in [0.1, 0.15) is 12.1 Å². The van der Waals surface area contributed by atoms with E-state index in [1.54, 1.807) is 6.92 Å². The predicted octanol–water partition coefficient (Wildman–Crippen LogP) is 1.46. The van der Waals surface area contributed by atoms with Crippen LogP contribution in [0.2, 0.25) is 0 Å². The lowest BCUT2D eigenvalue weighted by Gasteiger charge is -2.35. The van der Waals surface area contributed by atoms with E-state index in [9.17, 15) is 24.6 Å². The van der Waals surface area contributed by atoms with Gasteiger partial charge in [0.2, 0.25) is 5.91 Å². The summed E-state index contributed by atoms with van der Waals surface area (Å²) in [5.41, 5.74) is 0. The summed E-state index contributed by atoms with van der Waals surface area (Å²) in [5.74, 6) is -3.83. The summed E-state index contributed by atoms with van der Waals surface area (Å²) < 4.78 is 31.7. The maximum Gasteiger partial charge on any atom is 0.326 e. The molecule has 0 aromatic heterocycles. The number of carbonyl (C=O) groups excluding carboxylic acids is 1. The van der Waals surface area contributed by atoms with Crippen LogP contribution in [0.1, 0.15) is 64.2 Å². The van der Waals surface area contributed by atoms with Crippen molar-refractivity contribution in [2.75, 3.05) is 0 Å². The average molecular weight is 344 g/mol. The second-order valence-electron chi connectivity index (χ2n) is 6.61. The SMILES string of the molecule is [2H]C([2H])([2H])[C@@]([2H])(N[C@H](CCC)C(=O)O)C(=O)N1[C@@H](C(=O)O)C[C@H]2CCCC[C@H]21. The van der Waals surface area contributed by atoms with Crippen molar-refractivity contribution >= 4 is 17.8 Å². The Labute approximate surface area is 148 Å². The number of carbonyl (C=O) groups is 3. The van der Waals surface area contributed by atoms with Crippen molar-refractivity contribution in [3.63, 3.8) is 0 Å². The van der Waals surface area contributed by atoms with Crippen LogP contribution in [0.15, 0.2) is 0 Å². The molecule has 1 heterocycles. The van der Waals surface area contributed by atoms with Gasteiger partial charge in [0.05, 0.1) is 7.39 Å². The largest absolute Gasteiger partial charge is 0.480 e. The second kappa shape index (κ2) is 7.96. The van der Waals surface area contributed by atoms with Gasteiger partial charge in [0.25, 0.3) is 0 Å². The quantitative estimate of drug-likeness (QED) is 0.645. The van der Waals surface area contributed by atoms with Gasteiger partial charge < -0.3 is 15.1 Å². The van der Waals surface area contributed by atoms with Crippen molar-refractivity contribution in [1.82, 2.24) is 10.2 Å². The van der Waals surface area contributed by atoms with Crippen molar-refractivity contribution in [2.24, 2.45) is 5.92 Å². The first kappa shape index (κ1) is 13.6. The summed E-state index contributed by atoms with van der Waals surface area (Å²) in [7, 11) is 0. The molecule has 24 heavy (non-hydrogen) atoms. The molecule has 7 heteroatoms. The van der Waals surface area contributed by atoms with E-state index in [2.05, 4.69) is 5.32 Å². The highest BCUT2D eigenvalue weighted by molar-refractivity contribution is 5.88. The fourth-order valence-corrected chi connectivity index (χ4v) is 3.88. The number of aliphatic carboxylic acids is 2. The van der Waals surface area contributed by atoms with Gasteiger partial charge in [0.15, 0.2) is 0 Å². The van der Waals surface area contributed by atoms with E-state index in [0.717, 1.165) is 24.2 Å². The first-order chi connectivity index (χ1) is 12.9. The van der Waals surface area contributed by atoms with Gasteiger partial charge in [-0.15, -0.1) is 0 Å². The van der Waals surface area contributed by atoms with Crippen molar-refractivity contribution in [1.29, 1.82) is 0 Å². The third-order valence-electron chi connectivity index (χ3n) is 5.02. The summed E-state index contributed by atoms with van der Waals surface area (Å²) in [6, 6.07) is -5.99. The van der Waals surface area contributed by atoms with Crippen LogP contribution in [0, 0.1) is 5.92 Å². The number of carboxylic acid groups (broad SMARTS) is 2. The van der Waals surface area contributed by atoms with Gasteiger partial charge in [-0.05, 0) is 38.5 Å². The van der Waals surface area contributed by atoms with Gasteiger partial charge in [0, 0.05) is 10.2 Å². The van der Waals surface area contributed by atoms with Crippen LogP contribution in [0.25, 0.3) is 0 Å². The molecule has 1 aliphatic heterocycles.